The van der Waals surface area contributed by atoms with E-state index in [4.69, 9.17) is 15.5 Å². The molecule has 0 aliphatic carbocycles. The number of aromatic nitrogens is 3. The molecule has 1 aliphatic heterocycles. The molecule has 8 heteroatoms. The highest BCUT2D eigenvalue weighted by Gasteiger charge is 2.34. The van der Waals surface area contributed by atoms with Crippen molar-refractivity contribution in [3.63, 3.8) is 0 Å². The van der Waals surface area contributed by atoms with Crippen molar-refractivity contribution < 1.29 is 14.6 Å². The number of nitrogens with zero attached hydrogens (tertiary/aromatic N) is 4. The van der Waals surface area contributed by atoms with E-state index in [1.807, 2.05) is 59.0 Å². The van der Waals surface area contributed by atoms with Crippen LogP contribution in [-0.2, 0) is 6.61 Å². The number of nitrogen functional groups attached to an aromatic ring is 1. The maximum absolute atomic E-state index is 11.7. The number of carbonyl (C=O) groups is 1. The standard InChI is InChI=1S/C24H23N5O3/c25-22-21-20(17-8-10-18(11-9-17)32-15-16-5-2-1-3-6-16)27-23(29(21)14-12-26-22)19-7-4-13-28(19)24(30)31/h1-3,5-6,8-12,14,19H,4,7,13,15H2,(H2,25,26)(H,30,31)/t19-/m0/s1. The first-order chi connectivity index (χ1) is 15.6. The van der Waals surface area contributed by atoms with Crippen LogP contribution in [-0.4, -0.2) is 37.0 Å². The zero-order valence-electron chi connectivity index (χ0n) is 17.4. The predicted octanol–water partition coefficient (Wildman–Crippen LogP) is 4.37. The number of rotatable bonds is 5. The molecule has 2 aromatic heterocycles. The average molecular weight is 429 g/mol. The summed E-state index contributed by atoms with van der Waals surface area (Å²) in [4.78, 5) is 22.2. The van der Waals surface area contributed by atoms with Crippen molar-refractivity contribution in [3.05, 3.63) is 78.4 Å². The maximum atomic E-state index is 11.7. The van der Waals surface area contributed by atoms with Crippen LogP contribution >= 0.6 is 0 Å². The lowest BCUT2D eigenvalue weighted by Gasteiger charge is -2.20. The van der Waals surface area contributed by atoms with Crippen molar-refractivity contribution in [2.75, 3.05) is 12.3 Å². The van der Waals surface area contributed by atoms with Crippen LogP contribution in [0.25, 0.3) is 16.8 Å². The first-order valence-corrected chi connectivity index (χ1v) is 10.5. The molecule has 0 unspecified atom stereocenters. The Morgan fingerprint density at radius 3 is 2.69 bits per heavy atom. The average Bonchev–Trinajstić information content (AvgIpc) is 3.44. The molecule has 1 saturated heterocycles. The number of ether oxygens (including phenoxy) is 1. The third-order valence-corrected chi connectivity index (χ3v) is 5.78. The molecule has 8 nitrogen and oxygen atoms in total. The number of fused-ring (bicyclic) bond motifs is 1. The highest BCUT2D eigenvalue weighted by atomic mass is 16.5. The van der Waals surface area contributed by atoms with E-state index in [2.05, 4.69) is 4.98 Å². The molecule has 3 heterocycles. The van der Waals surface area contributed by atoms with Gasteiger partial charge in [0.05, 0.1) is 6.04 Å². The minimum atomic E-state index is -0.937. The highest BCUT2D eigenvalue weighted by Crippen LogP contribution is 2.36. The molecule has 3 N–H and O–H groups in total. The van der Waals surface area contributed by atoms with Crippen molar-refractivity contribution in [2.24, 2.45) is 0 Å². The largest absolute Gasteiger partial charge is 0.489 e. The van der Waals surface area contributed by atoms with Crippen molar-refractivity contribution >= 4 is 17.4 Å². The van der Waals surface area contributed by atoms with Gasteiger partial charge >= 0.3 is 6.09 Å². The van der Waals surface area contributed by atoms with Crippen LogP contribution in [0.5, 0.6) is 5.75 Å². The summed E-state index contributed by atoms with van der Waals surface area (Å²) in [6, 6.07) is 17.3. The van der Waals surface area contributed by atoms with Gasteiger partial charge in [0.15, 0.2) is 0 Å². The van der Waals surface area contributed by atoms with E-state index < -0.39 is 6.09 Å². The van der Waals surface area contributed by atoms with Crippen molar-refractivity contribution in [3.8, 4) is 17.0 Å². The van der Waals surface area contributed by atoms with E-state index in [1.165, 1.54) is 4.90 Å². The smallest absolute Gasteiger partial charge is 0.407 e. The molecule has 0 bridgehead atoms. The van der Waals surface area contributed by atoms with Crippen LogP contribution in [0.2, 0.25) is 0 Å². The number of imidazole rings is 1. The normalized spacial score (nSPS) is 15.9. The lowest BCUT2D eigenvalue weighted by atomic mass is 10.1. The van der Waals surface area contributed by atoms with Gasteiger partial charge in [-0.05, 0) is 42.7 Å². The zero-order valence-corrected chi connectivity index (χ0v) is 17.4. The van der Waals surface area contributed by atoms with Gasteiger partial charge in [-0.2, -0.15) is 0 Å². The minimum absolute atomic E-state index is 0.316. The van der Waals surface area contributed by atoms with Crippen molar-refractivity contribution in [1.82, 2.24) is 19.3 Å². The first kappa shape index (κ1) is 19.9. The molecule has 162 valence electrons. The van der Waals surface area contributed by atoms with E-state index in [0.717, 1.165) is 29.7 Å². The first-order valence-electron chi connectivity index (χ1n) is 10.5. The second kappa shape index (κ2) is 8.22. The molecule has 1 fully saturated rings. The number of carboxylic acid groups (broad SMARTS) is 1. The fourth-order valence-corrected chi connectivity index (χ4v) is 4.24. The van der Waals surface area contributed by atoms with Crippen LogP contribution in [0.1, 0.15) is 30.3 Å². The Balaban J connectivity index is 1.48. The second-order valence-corrected chi connectivity index (χ2v) is 7.78. The Labute approximate surface area is 184 Å². The van der Waals surface area contributed by atoms with E-state index >= 15 is 0 Å². The molecule has 0 saturated carbocycles. The molecule has 4 aromatic rings. The molecule has 32 heavy (non-hydrogen) atoms. The molecular formula is C24H23N5O3. The Hall–Kier alpha value is -4.07. The second-order valence-electron chi connectivity index (χ2n) is 7.78. The summed E-state index contributed by atoms with van der Waals surface area (Å²) in [5.74, 6) is 1.76. The number of benzene rings is 2. The van der Waals surface area contributed by atoms with Gasteiger partial charge in [0.25, 0.3) is 0 Å². The minimum Gasteiger partial charge on any atom is -0.489 e. The number of hydrogen-bond acceptors (Lipinski definition) is 5. The van der Waals surface area contributed by atoms with Crippen molar-refractivity contribution in [2.45, 2.75) is 25.5 Å². The fourth-order valence-electron chi connectivity index (χ4n) is 4.24. The molecule has 5 rings (SSSR count). The Morgan fingerprint density at radius 2 is 1.94 bits per heavy atom. The van der Waals surface area contributed by atoms with Gasteiger partial charge in [-0.3, -0.25) is 9.30 Å². The predicted molar refractivity (Wildman–Crippen MR) is 120 cm³/mol. The van der Waals surface area contributed by atoms with E-state index in [9.17, 15) is 9.90 Å². The lowest BCUT2D eigenvalue weighted by molar-refractivity contribution is 0.138. The SMILES string of the molecule is Nc1nccn2c([C@@H]3CCCN3C(=O)O)nc(-c3ccc(OCc4ccccc4)cc3)c12. The summed E-state index contributed by atoms with van der Waals surface area (Å²) >= 11 is 0. The highest BCUT2D eigenvalue weighted by molar-refractivity contribution is 5.85. The van der Waals surface area contributed by atoms with E-state index in [1.54, 1.807) is 12.4 Å². The Morgan fingerprint density at radius 1 is 1.16 bits per heavy atom. The van der Waals surface area contributed by atoms with E-state index in [-0.39, 0.29) is 6.04 Å². The van der Waals surface area contributed by atoms with Gasteiger partial charge in [-0.15, -0.1) is 0 Å². The molecule has 0 spiro atoms. The number of hydrogen-bond donors (Lipinski definition) is 2. The third-order valence-electron chi connectivity index (χ3n) is 5.78. The molecule has 1 atom stereocenters. The van der Waals surface area contributed by atoms with Crippen molar-refractivity contribution in [1.29, 1.82) is 0 Å². The summed E-state index contributed by atoms with van der Waals surface area (Å²) in [7, 11) is 0. The number of amides is 1. The Bertz CT molecular complexity index is 1250. The maximum Gasteiger partial charge on any atom is 0.407 e. The zero-order chi connectivity index (χ0) is 22.1. The van der Waals surface area contributed by atoms with Gasteiger partial charge in [0.2, 0.25) is 0 Å². The molecular weight excluding hydrogens is 406 g/mol. The van der Waals surface area contributed by atoms with Gasteiger partial charge in [-0.1, -0.05) is 30.3 Å². The van der Waals surface area contributed by atoms with Crippen LogP contribution in [0, 0.1) is 0 Å². The topological polar surface area (TPSA) is 106 Å². The quantitative estimate of drug-likeness (QED) is 0.488. The number of likely N-dealkylation sites (tertiary alicyclic amines) is 1. The number of nitrogens with two attached hydrogens (primary N) is 1. The van der Waals surface area contributed by atoms with Gasteiger partial charge < -0.3 is 15.6 Å². The van der Waals surface area contributed by atoms with Gasteiger partial charge in [0.1, 0.15) is 35.2 Å². The van der Waals surface area contributed by atoms with Crippen LogP contribution in [0.3, 0.4) is 0 Å². The van der Waals surface area contributed by atoms with Crippen LogP contribution in [0.15, 0.2) is 67.0 Å². The van der Waals surface area contributed by atoms with Gasteiger partial charge in [-0.25, -0.2) is 14.8 Å². The lowest BCUT2D eigenvalue weighted by Crippen LogP contribution is -2.29. The van der Waals surface area contributed by atoms with E-state index in [0.29, 0.717) is 36.0 Å². The third kappa shape index (κ3) is 3.60. The van der Waals surface area contributed by atoms with Crippen LogP contribution in [0.4, 0.5) is 10.6 Å². The molecule has 2 aromatic carbocycles. The molecule has 0 radical (unpaired) electrons. The van der Waals surface area contributed by atoms with Gasteiger partial charge in [0, 0.05) is 24.5 Å². The summed E-state index contributed by atoms with van der Waals surface area (Å²) in [6.45, 7) is 0.986. The summed E-state index contributed by atoms with van der Waals surface area (Å²) < 4.78 is 7.75. The molecule has 1 aliphatic rings. The summed E-state index contributed by atoms with van der Waals surface area (Å²) in [5.41, 5.74) is 9.53. The monoisotopic (exact) mass is 429 g/mol. The number of anilines is 1. The summed E-state index contributed by atoms with van der Waals surface area (Å²) in [5, 5.41) is 9.60. The summed E-state index contributed by atoms with van der Waals surface area (Å²) in [6.07, 6.45) is 3.98. The molecule has 1 amide bonds. The Kier molecular flexibility index (Phi) is 5.10. The fraction of sp³-hybridized carbons (Fsp3) is 0.208. The van der Waals surface area contributed by atoms with Crippen LogP contribution < -0.4 is 10.5 Å².